The van der Waals surface area contributed by atoms with E-state index in [9.17, 15) is 19.7 Å². The lowest BCUT2D eigenvalue weighted by atomic mass is 9.75. The van der Waals surface area contributed by atoms with Crippen molar-refractivity contribution in [2.24, 2.45) is 0 Å². The van der Waals surface area contributed by atoms with Crippen molar-refractivity contribution < 1.29 is 19.2 Å². The van der Waals surface area contributed by atoms with Crippen molar-refractivity contribution in [3.8, 4) is 0 Å². The number of hydrogen-bond donors (Lipinski definition) is 1. The SMILES string of the molecule is Cc1cc(C2C3=C(CCCC3=O)NC3=C2C(=O)OC3)ccc1[N+](=O)[O-]. The number of rotatable bonds is 2. The van der Waals surface area contributed by atoms with Crippen molar-refractivity contribution in [2.75, 3.05) is 6.61 Å². The Morgan fingerprint density at radius 2 is 2.00 bits per heavy atom. The summed E-state index contributed by atoms with van der Waals surface area (Å²) in [5.74, 6) is -0.942. The second-order valence-electron chi connectivity index (χ2n) is 6.50. The average molecular weight is 340 g/mol. The fourth-order valence-corrected chi connectivity index (χ4v) is 3.86. The number of nitro benzene ring substituents is 1. The Labute approximate surface area is 143 Å². The lowest BCUT2D eigenvalue weighted by Gasteiger charge is -2.32. The summed E-state index contributed by atoms with van der Waals surface area (Å²) < 4.78 is 5.16. The molecule has 1 aromatic rings. The first kappa shape index (κ1) is 15.6. The predicted molar refractivity (Wildman–Crippen MR) is 87.6 cm³/mol. The zero-order valence-corrected chi connectivity index (χ0v) is 13.6. The Kier molecular flexibility index (Phi) is 3.45. The largest absolute Gasteiger partial charge is 0.456 e. The molecule has 1 aromatic carbocycles. The fraction of sp³-hybridized carbons (Fsp3) is 0.333. The lowest BCUT2D eigenvalue weighted by molar-refractivity contribution is -0.385. The molecule has 0 amide bonds. The molecule has 7 heteroatoms. The Bertz CT molecular complexity index is 897. The summed E-state index contributed by atoms with van der Waals surface area (Å²) in [5.41, 5.74) is 3.80. The highest BCUT2D eigenvalue weighted by atomic mass is 16.6. The summed E-state index contributed by atoms with van der Waals surface area (Å²) >= 11 is 0. The maximum Gasteiger partial charge on any atom is 0.337 e. The second-order valence-corrected chi connectivity index (χ2v) is 6.50. The van der Waals surface area contributed by atoms with Crippen LogP contribution in [0.2, 0.25) is 0 Å². The van der Waals surface area contributed by atoms with Crippen molar-refractivity contribution in [1.82, 2.24) is 5.32 Å². The van der Waals surface area contributed by atoms with Crippen molar-refractivity contribution in [3.05, 3.63) is 62.0 Å². The number of Topliss-reactive ketones (excluding diaryl/α,β-unsaturated/α-hetero) is 1. The van der Waals surface area contributed by atoms with Gasteiger partial charge < -0.3 is 10.1 Å². The number of aryl methyl sites for hydroxylation is 1. The second kappa shape index (κ2) is 5.54. The van der Waals surface area contributed by atoms with E-state index >= 15 is 0 Å². The number of carbonyl (C=O) groups excluding carboxylic acids is 2. The van der Waals surface area contributed by atoms with Crippen LogP contribution in [0.5, 0.6) is 0 Å². The number of carbonyl (C=O) groups is 2. The summed E-state index contributed by atoms with van der Waals surface area (Å²) in [7, 11) is 0. The van der Waals surface area contributed by atoms with Gasteiger partial charge in [0.2, 0.25) is 0 Å². The smallest absolute Gasteiger partial charge is 0.337 e. The van der Waals surface area contributed by atoms with E-state index in [0.717, 1.165) is 18.5 Å². The van der Waals surface area contributed by atoms with Gasteiger partial charge in [-0.25, -0.2) is 4.79 Å². The van der Waals surface area contributed by atoms with Gasteiger partial charge in [0.25, 0.3) is 5.69 Å². The van der Waals surface area contributed by atoms with Crippen molar-refractivity contribution in [3.63, 3.8) is 0 Å². The molecular formula is C18H16N2O5. The molecule has 7 nitrogen and oxygen atoms in total. The van der Waals surface area contributed by atoms with Crippen LogP contribution in [-0.2, 0) is 14.3 Å². The van der Waals surface area contributed by atoms with Crippen LogP contribution in [0.1, 0.15) is 36.3 Å². The lowest BCUT2D eigenvalue weighted by Crippen LogP contribution is -2.32. The number of esters is 1. The molecule has 0 saturated carbocycles. The van der Waals surface area contributed by atoms with Crippen LogP contribution >= 0.6 is 0 Å². The van der Waals surface area contributed by atoms with Crippen molar-refractivity contribution in [2.45, 2.75) is 32.1 Å². The fourth-order valence-electron chi connectivity index (χ4n) is 3.86. The number of allylic oxidation sites excluding steroid dienone is 2. The molecule has 0 aromatic heterocycles. The zero-order valence-electron chi connectivity index (χ0n) is 13.6. The van der Waals surface area contributed by atoms with Crippen molar-refractivity contribution >= 4 is 17.4 Å². The van der Waals surface area contributed by atoms with E-state index in [1.54, 1.807) is 19.1 Å². The zero-order chi connectivity index (χ0) is 17.7. The molecule has 1 N–H and O–H groups in total. The number of benzene rings is 1. The molecule has 1 atom stereocenters. The van der Waals surface area contributed by atoms with E-state index in [4.69, 9.17) is 4.74 Å². The van der Waals surface area contributed by atoms with Crippen LogP contribution in [0.15, 0.2) is 40.7 Å². The van der Waals surface area contributed by atoms with Crippen molar-refractivity contribution in [1.29, 1.82) is 0 Å². The third kappa shape index (κ3) is 2.34. The van der Waals surface area contributed by atoms with Crippen LogP contribution < -0.4 is 5.32 Å². The van der Waals surface area contributed by atoms with Gasteiger partial charge in [-0.05, 0) is 31.4 Å². The molecule has 128 valence electrons. The molecule has 1 unspecified atom stereocenters. The molecule has 4 rings (SSSR count). The van der Waals surface area contributed by atoms with Crippen LogP contribution in [0.3, 0.4) is 0 Å². The van der Waals surface area contributed by atoms with E-state index in [1.165, 1.54) is 6.07 Å². The number of cyclic esters (lactones) is 1. The third-order valence-corrected chi connectivity index (χ3v) is 4.98. The number of hydrogen-bond acceptors (Lipinski definition) is 6. The molecule has 0 fully saturated rings. The molecule has 2 heterocycles. The Hall–Kier alpha value is -2.96. The molecule has 0 spiro atoms. The van der Waals surface area contributed by atoms with Gasteiger partial charge in [0, 0.05) is 35.2 Å². The Morgan fingerprint density at radius 3 is 2.72 bits per heavy atom. The topological polar surface area (TPSA) is 98.5 Å². The number of dihydropyridines is 1. The minimum atomic E-state index is -0.520. The highest BCUT2D eigenvalue weighted by Crippen LogP contribution is 2.44. The first-order valence-electron chi connectivity index (χ1n) is 8.15. The van der Waals surface area contributed by atoms with E-state index in [2.05, 4.69) is 5.32 Å². The van der Waals surface area contributed by atoms with E-state index in [-0.39, 0.29) is 18.1 Å². The van der Waals surface area contributed by atoms with Gasteiger partial charge >= 0.3 is 5.97 Å². The quantitative estimate of drug-likeness (QED) is 0.504. The monoisotopic (exact) mass is 340 g/mol. The predicted octanol–water partition coefficient (Wildman–Crippen LogP) is 2.41. The Balaban J connectivity index is 1.89. The summed E-state index contributed by atoms with van der Waals surface area (Å²) in [5, 5.41) is 14.3. The summed E-state index contributed by atoms with van der Waals surface area (Å²) in [6.45, 7) is 1.82. The van der Waals surface area contributed by atoms with Gasteiger partial charge in [0.15, 0.2) is 5.78 Å². The molecular weight excluding hydrogens is 324 g/mol. The average Bonchev–Trinajstić information content (AvgIpc) is 2.94. The maximum absolute atomic E-state index is 12.6. The number of nitrogens with zero attached hydrogens (tertiary/aromatic N) is 1. The summed E-state index contributed by atoms with van der Waals surface area (Å²) in [6.07, 6.45) is 1.96. The maximum atomic E-state index is 12.6. The van der Waals surface area contributed by atoms with Crippen LogP contribution in [0.4, 0.5) is 5.69 Å². The molecule has 1 aliphatic carbocycles. The molecule has 2 aliphatic heterocycles. The minimum Gasteiger partial charge on any atom is -0.456 e. The number of ketones is 1. The van der Waals surface area contributed by atoms with Crippen LogP contribution in [-0.4, -0.2) is 23.3 Å². The van der Waals surface area contributed by atoms with Gasteiger partial charge in [-0.15, -0.1) is 0 Å². The number of nitro groups is 1. The van der Waals surface area contributed by atoms with Gasteiger partial charge in [-0.1, -0.05) is 6.07 Å². The third-order valence-electron chi connectivity index (χ3n) is 4.98. The van der Waals surface area contributed by atoms with E-state index in [0.29, 0.717) is 34.4 Å². The first-order valence-corrected chi connectivity index (χ1v) is 8.15. The van der Waals surface area contributed by atoms with Gasteiger partial charge in [0.05, 0.1) is 16.2 Å². The van der Waals surface area contributed by atoms with E-state index in [1.807, 2.05) is 0 Å². The molecule has 0 saturated heterocycles. The summed E-state index contributed by atoms with van der Waals surface area (Å²) in [4.78, 5) is 35.5. The molecule has 0 bridgehead atoms. The summed E-state index contributed by atoms with van der Waals surface area (Å²) in [6, 6.07) is 4.75. The van der Waals surface area contributed by atoms with Crippen LogP contribution in [0, 0.1) is 17.0 Å². The number of nitrogens with one attached hydrogen (secondary N) is 1. The highest BCUT2D eigenvalue weighted by Gasteiger charge is 2.42. The first-order chi connectivity index (χ1) is 12.0. The molecule has 0 radical (unpaired) electrons. The Morgan fingerprint density at radius 1 is 1.20 bits per heavy atom. The number of ether oxygens (including phenoxy) is 1. The normalized spacial score (nSPS) is 22.4. The standard InChI is InChI=1S/C18H16N2O5/c1-9-7-10(5-6-13(9)20(23)24)15-16-11(3-2-4-14(16)21)19-12-8-25-18(22)17(12)15/h5-7,15,19H,2-4,8H2,1H3. The highest BCUT2D eigenvalue weighted by molar-refractivity contribution is 6.04. The van der Waals surface area contributed by atoms with Gasteiger partial charge in [-0.3, -0.25) is 14.9 Å². The molecule has 25 heavy (non-hydrogen) atoms. The minimum absolute atomic E-state index is 0.0148. The van der Waals surface area contributed by atoms with E-state index < -0.39 is 16.8 Å². The van der Waals surface area contributed by atoms with Gasteiger partial charge in [-0.2, -0.15) is 0 Å². The van der Waals surface area contributed by atoms with Crippen LogP contribution in [0.25, 0.3) is 0 Å². The van der Waals surface area contributed by atoms with Gasteiger partial charge in [0.1, 0.15) is 6.61 Å². The molecule has 3 aliphatic rings.